The first-order valence-electron chi connectivity index (χ1n) is 9.29. The Balaban J connectivity index is 1.34. The predicted molar refractivity (Wildman–Crippen MR) is 99.5 cm³/mol. The van der Waals surface area contributed by atoms with E-state index in [0.717, 1.165) is 6.42 Å². The first-order valence-corrected chi connectivity index (χ1v) is 9.29. The van der Waals surface area contributed by atoms with Crippen LogP contribution in [0.25, 0.3) is 0 Å². The number of carbonyl (C=O) groups excluding carboxylic acids is 2. The normalized spacial score (nSPS) is 21.9. The third-order valence-corrected chi connectivity index (χ3v) is 5.43. The van der Waals surface area contributed by atoms with Gasteiger partial charge in [-0.3, -0.25) is 14.3 Å². The third kappa shape index (κ3) is 3.41. The highest BCUT2D eigenvalue weighted by atomic mass is 16.5. The zero-order valence-corrected chi connectivity index (χ0v) is 15.7. The molecule has 2 fully saturated rings. The second kappa shape index (κ2) is 7.06. The molecule has 1 aromatic carbocycles. The van der Waals surface area contributed by atoms with Gasteiger partial charge in [0.15, 0.2) is 0 Å². The van der Waals surface area contributed by atoms with Crippen molar-refractivity contribution in [3.8, 4) is 5.88 Å². The molecular formula is C20H24N4O3. The maximum atomic E-state index is 12.8. The molecule has 1 aromatic heterocycles. The predicted octanol–water partition coefficient (Wildman–Crippen LogP) is 1.52. The van der Waals surface area contributed by atoms with Crippen LogP contribution in [0.15, 0.2) is 36.5 Å². The molecule has 1 saturated heterocycles. The fourth-order valence-electron chi connectivity index (χ4n) is 3.84. The van der Waals surface area contributed by atoms with Gasteiger partial charge in [0, 0.05) is 45.3 Å². The van der Waals surface area contributed by atoms with E-state index in [4.69, 9.17) is 4.74 Å². The Hall–Kier alpha value is -2.83. The first kappa shape index (κ1) is 17.6. The van der Waals surface area contributed by atoms with Gasteiger partial charge >= 0.3 is 0 Å². The summed E-state index contributed by atoms with van der Waals surface area (Å²) in [5, 5.41) is 4.14. The van der Waals surface area contributed by atoms with Gasteiger partial charge in [-0.2, -0.15) is 0 Å². The molecular weight excluding hydrogens is 344 g/mol. The van der Waals surface area contributed by atoms with Crippen LogP contribution in [0.1, 0.15) is 28.3 Å². The lowest BCUT2D eigenvalue weighted by molar-refractivity contribution is -0.134. The van der Waals surface area contributed by atoms with Crippen molar-refractivity contribution < 1.29 is 14.3 Å². The maximum absolute atomic E-state index is 12.8. The van der Waals surface area contributed by atoms with E-state index >= 15 is 0 Å². The van der Waals surface area contributed by atoms with Crippen molar-refractivity contribution in [2.24, 2.45) is 13.0 Å². The van der Waals surface area contributed by atoms with Crippen molar-refractivity contribution in [2.75, 3.05) is 33.3 Å². The molecule has 7 heteroatoms. The highest BCUT2D eigenvalue weighted by Gasteiger charge is 2.46. The minimum absolute atomic E-state index is 0.0908. The van der Waals surface area contributed by atoms with Crippen LogP contribution in [0.2, 0.25) is 0 Å². The van der Waals surface area contributed by atoms with Crippen LogP contribution in [0.4, 0.5) is 0 Å². The molecule has 0 bridgehead atoms. The Morgan fingerprint density at radius 3 is 2.41 bits per heavy atom. The van der Waals surface area contributed by atoms with Gasteiger partial charge in [-0.25, -0.2) is 0 Å². The Kier molecular flexibility index (Phi) is 4.59. The summed E-state index contributed by atoms with van der Waals surface area (Å²) in [6.07, 6.45) is 2.60. The molecule has 0 N–H and O–H groups in total. The fourth-order valence-corrected chi connectivity index (χ4v) is 3.84. The number of methoxy groups -OCH3 is 1. The van der Waals surface area contributed by atoms with Gasteiger partial charge in [0.2, 0.25) is 11.8 Å². The van der Waals surface area contributed by atoms with Crippen molar-refractivity contribution in [1.29, 1.82) is 0 Å². The summed E-state index contributed by atoms with van der Waals surface area (Å²) < 4.78 is 6.76. The Bertz CT molecular complexity index is 840. The molecule has 1 aliphatic carbocycles. The molecule has 2 aromatic rings. The van der Waals surface area contributed by atoms with E-state index in [0.29, 0.717) is 43.5 Å². The van der Waals surface area contributed by atoms with Gasteiger partial charge in [0.05, 0.1) is 7.11 Å². The zero-order chi connectivity index (χ0) is 19.0. The Morgan fingerprint density at radius 2 is 1.74 bits per heavy atom. The standard InChI is InChI=1S/C20H24N4O3/c1-22-13-17(18(21-22)27-2)20(26)24-10-8-23(9-11-24)19(25)16-12-15(16)14-6-4-3-5-7-14/h3-7,13,15-16H,8-12H2,1-2H3/t15-,16+/m1/s1. The molecule has 142 valence electrons. The average Bonchev–Trinajstić information content (AvgIpc) is 3.42. The molecule has 1 saturated carbocycles. The molecule has 0 spiro atoms. The number of piperazine rings is 1. The van der Waals surface area contributed by atoms with Crippen molar-refractivity contribution >= 4 is 11.8 Å². The highest BCUT2D eigenvalue weighted by Crippen LogP contribution is 2.48. The molecule has 2 heterocycles. The van der Waals surface area contributed by atoms with E-state index in [9.17, 15) is 9.59 Å². The van der Waals surface area contributed by atoms with E-state index in [1.807, 2.05) is 23.1 Å². The number of carbonyl (C=O) groups is 2. The number of benzene rings is 1. The van der Waals surface area contributed by atoms with Gasteiger partial charge in [0.25, 0.3) is 5.91 Å². The number of nitrogens with zero attached hydrogens (tertiary/aromatic N) is 4. The molecule has 4 rings (SSSR count). The van der Waals surface area contributed by atoms with Crippen LogP contribution in [0.5, 0.6) is 5.88 Å². The number of aryl methyl sites for hydroxylation is 1. The van der Waals surface area contributed by atoms with Gasteiger partial charge in [0.1, 0.15) is 5.56 Å². The number of aromatic nitrogens is 2. The zero-order valence-electron chi connectivity index (χ0n) is 15.7. The van der Waals surface area contributed by atoms with Gasteiger partial charge < -0.3 is 14.5 Å². The quantitative estimate of drug-likeness (QED) is 0.821. The molecule has 1 aliphatic heterocycles. The average molecular weight is 368 g/mol. The second-order valence-electron chi connectivity index (χ2n) is 7.20. The van der Waals surface area contributed by atoms with Gasteiger partial charge in [-0.05, 0) is 17.9 Å². The smallest absolute Gasteiger partial charge is 0.261 e. The van der Waals surface area contributed by atoms with Crippen molar-refractivity contribution in [2.45, 2.75) is 12.3 Å². The third-order valence-electron chi connectivity index (χ3n) is 5.43. The van der Waals surface area contributed by atoms with E-state index in [-0.39, 0.29) is 17.7 Å². The van der Waals surface area contributed by atoms with Gasteiger partial charge in [-0.15, -0.1) is 5.10 Å². The van der Waals surface area contributed by atoms with Gasteiger partial charge in [-0.1, -0.05) is 30.3 Å². The van der Waals surface area contributed by atoms with Crippen molar-refractivity contribution in [3.63, 3.8) is 0 Å². The maximum Gasteiger partial charge on any atom is 0.261 e. The van der Waals surface area contributed by atoms with E-state index in [1.165, 1.54) is 12.7 Å². The summed E-state index contributed by atoms with van der Waals surface area (Å²) >= 11 is 0. The lowest BCUT2D eigenvalue weighted by atomic mass is 10.1. The van der Waals surface area contributed by atoms with E-state index in [2.05, 4.69) is 17.2 Å². The second-order valence-corrected chi connectivity index (χ2v) is 7.20. The van der Waals surface area contributed by atoms with E-state index in [1.54, 1.807) is 22.8 Å². The first-order chi connectivity index (χ1) is 13.1. The SMILES string of the molecule is COc1nn(C)cc1C(=O)N1CCN(C(=O)[C@H]2C[C@@H]2c2ccccc2)CC1. The monoisotopic (exact) mass is 368 g/mol. The number of hydrogen-bond donors (Lipinski definition) is 0. The van der Waals surface area contributed by atoms with Crippen LogP contribution in [0, 0.1) is 5.92 Å². The summed E-state index contributed by atoms with van der Waals surface area (Å²) in [5.41, 5.74) is 1.71. The minimum Gasteiger partial charge on any atom is -0.479 e. The summed E-state index contributed by atoms with van der Waals surface area (Å²) in [6, 6.07) is 10.2. The molecule has 0 unspecified atom stereocenters. The topological polar surface area (TPSA) is 67.7 Å². The summed E-state index contributed by atoms with van der Waals surface area (Å²) in [7, 11) is 3.27. The largest absolute Gasteiger partial charge is 0.479 e. The number of ether oxygens (including phenoxy) is 1. The number of rotatable bonds is 4. The molecule has 2 atom stereocenters. The summed E-state index contributed by atoms with van der Waals surface area (Å²) in [5.74, 6) is 0.895. The lowest BCUT2D eigenvalue weighted by Crippen LogP contribution is -2.51. The Labute approximate surface area is 158 Å². The summed E-state index contributed by atoms with van der Waals surface area (Å²) in [6.45, 7) is 2.22. The van der Waals surface area contributed by atoms with Crippen molar-refractivity contribution in [3.05, 3.63) is 47.7 Å². The molecule has 7 nitrogen and oxygen atoms in total. The lowest BCUT2D eigenvalue weighted by Gasteiger charge is -2.34. The number of hydrogen-bond acceptors (Lipinski definition) is 4. The van der Waals surface area contributed by atoms with Crippen molar-refractivity contribution in [1.82, 2.24) is 19.6 Å². The fraction of sp³-hybridized carbons (Fsp3) is 0.450. The highest BCUT2D eigenvalue weighted by molar-refractivity contribution is 5.96. The van der Waals surface area contributed by atoms with Crippen LogP contribution in [0.3, 0.4) is 0 Å². The van der Waals surface area contributed by atoms with Crippen LogP contribution >= 0.6 is 0 Å². The molecule has 0 radical (unpaired) electrons. The molecule has 2 amide bonds. The van der Waals surface area contributed by atoms with Crippen LogP contribution < -0.4 is 4.74 Å². The number of amides is 2. The van der Waals surface area contributed by atoms with Crippen LogP contribution in [-0.4, -0.2) is 64.7 Å². The van der Waals surface area contributed by atoms with Crippen LogP contribution in [-0.2, 0) is 11.8 Å². The Morgan fingerprint density at radius 1 is 1.07 bits per heavy atom. The molecule has 2 aliphatic rings. The molecule has 27 heavy (non-hydrogen) atoms. The minimum atomic E-state index is -0.0966. The summed E-state index contributed by atoms with van der Waals surface area (Å²) in [4.78, 5) is 29.2. The van der Waals surface area contributed by atoms with E-state index < -0.39 is 0 Å².